The van der Waals surface area contributed by atoms with Crippen molar-refractivity contribution in [3.8, 4) is 0 Å². The molecule has 254 valence electrons. The second-order valence-corrected chi connectivity index (χ2v) is 13.6. The quantitative estimate of drug-likeness (QED) is 0.178. The van der Waals surface area contributed by atoms with Crippen LogP contribution in [0.25, 0.3) is 10.2 Å². The van der Waals surface area contributed by atoms with Gasteiger partial charge in [-0.25, -0.2) is 19.8 Å². The molecule has 7 rings (SSSR count). The van der Waals surface area contributed by atoms with Crippen molar-refractivity contribution in [1.82, 2.24) is 15.0 Å². The first-order valence-electron chi connectivity index (χ1n) is 16.0. The van der Waals surface area contributed by atoms with Crippen LogP contribution >= 0.6 is 11.3 Å². The normalized spacial score (nSPS) is 17.6. The first-order valence-corrected chi connectivity index (χ1v) is 16.8. The number of halogens is 3. The van der Waals surface area contributed by atoms with Crippen molar-refractivity contribution < 1.29 is 33.1 Å². The Morgan fingerprint density at radius 1 is 0.980 bits per heavy atom. The summed E-state index contributed by atoms with van der Waals surface area (Å²) in [5.41, 5.74) is 0.941. The molecule has 2 aromatic carbocycles. The number of benzene rings is 2. The first-order chi connectivity index (χ1) is 23.5. The molecule has 4 aromatic rings. The maximum atomic E-state index is 14.3. The molecule has 0 saturated heterocycles. The van der Waals surface area contributed by atoms with E-state index in [0.29, 0.717) is 53.9 Å². The molecule has 1 amide bonds. The molecule has 0 bridgehead atoms. The van der Waals surface area contributed by atoms with Crippen LogP contribution in [-0.4, -0.2) is 49.9 Å². The molecule has 2 aliphatic heterocycles. The molecule has 0 radical (unpaired) electrons. The number of allylic oxidation sites excluding steroid dienone is 1. The zero-order chi connectivity index (χ0) is 34.3. The van der Waals surface area contributed by atoms with Crippen molar-refractivity contribution in [1.29, 1.82) is 0 Å². The Bertz CT molecular complexity index is 1950. The van der Waals surface area contributed by atoms with Crippen LogP contribution in [0.3, 0.4) is 0 Å². The second-order valence-electron chi connectivity index (χ2n) is 12.6. The van der Waals surface area contributed by atoms with Crippen LogP contribution in [0.15, 0.2) is 78.9 Å². The van der Waals surface area contributed by atoms with E-state index in [1.54, 1.807) is 18.2 Å². The Kier molecular flexibility index (Phi) is 8.53. The van der Waals surface area contributed by atoms with E-state index in [2.05, 4.69) is 15.3 Å². The average molecular weight is 691 g/mol. The predicted octanol–water partition coefficient (Wildman–Crippen LogP) is 7.93. The molecule has 14 heteroatoms. The third-order valence-electron chi connectivity index (χ3n) is 9.58. The van der Waals surface area contributed by atoms with E-state index in [4.69, 9.17) is 0 Å². The lowest BCUT2D eigenvalue weighted by atomic mass is 9.70. The van der Waals surface area contributed by atoms with Crippen molar-refractivity contribution in [2.24, 2.45) is 5.41 Å². The zero-order valence-electron chi connectivity index (χ0n) is 26.3. The summed E-state index contributed by atoms with van der Waals surface area (Å²) >= 11 is 1.38. The Balaban J connectivity index is 1.14. The number of carbonyl (C=O) groups is 2. The summed E-state index contributed by atoms with van der Waals surface area (Å²) in [6.07, 6.45) is 1.15. The van der Waals surface area contributed by atoms with Gasteiger partial charge in [-0.3, -0.25) is 15.3 Å². The molecule has 0 unspecified atom stereocenters. The number of fused-ring (bicyclic) bond motifs is 2. The van der Waals surface area contributed by atoms with Crippen molar-refractivity contribution in [2.45, 2.75) is 57.7 Å². The molecule has 3 N–H and O–H groups in total. The number of carboxylic acid groups (broad SMARTS) is 1. The molecule has 49 heavy (non-hydrogen) atoms. The van der Waals surface area contributed by atoms with Crippen molar-refractivity contribution in [3.05, 3.63) is 101 Å². The molecule has 2 aromatic heterocycles. The van der Waals surface area contributed by atoms with E-state index in [1.165, 1.54) is 34.8 Å². The minimum atomic E-state index is -4.46. The number of nitrogens with zero attached hydrogens (tertiary/aromatic N) is 5. The van der Waals surface area contributed by atoms with Gasteiger partial charge in [-0.1, -0.05) is 54.9 Å². The predicted molar refractivity (Wildman–Crippen MR) is 179 cm³/mol. The maximum absolute atomic E-state index is 14.3. The van der Waals surface area contributed by atoms with Gasteiger partial charge in [0.1, 0.15) is 5.82 Å². The number of rotatable bonds is 7. The largest absolute Gasteiger partial charge is 0.476 e. The fourth-order valence-electron chi connectivity index (χ4n) is 6.97. The fourth-order valence-corrected chi connectivity index (χ4v) is 7.83. The Morgan fingerprint density at radius 2 is 1.78 bits per heavy atom. The molecule has 4 heterocycles. The van der Waals surface area contributed by atoms with Crippen molar-refractivity contribution in [3.63, 3.8) is 0 Å². The number of amides is 1. The van der Waals surface area contributed by atoms with E-state index in [9.17, 15) is 33.1 Å². The van der Waals surface area contributed by atoms with Gasteiger partial charge < -0.3 is 14.9 Å². The van der Waals surface area contributed by atoms with E-state index in [1.807, 2.05) is 41.3 Å². The van der Waals surface area contributed by atoms with Gasteiger partial charge >= 0.3 is 12.1 Å². The van der Waals surface area contributed by atoms with E-state index in [-0.39, 0.29) is 35.8 Å². The molecule has 10 nitrogen and oxygen atoms in total. The molecular formula is C35H33F3N6O4S. The SMILES string of the molecule is O=C(Nc1nc2ccccc2s1)c1cccc2c1CN(c1ccc(N3C=CN(O)C(CC4(C(F)(F)F)CCCCC4)=C3)c(C(=O)O)n1)CC2. The highest BCUT2D eigenvalue weighted by molar-refractivity contribution is 7.22. The van der Waals surface area contributed by atoms with Crippen LogP contribution in [0.2, 0.25) is 0 Å². The van der Waals surface area contributed by atoms with E-state index in [0.717, 1.165) is 27.8 Å². The van der Waals surface area contributed by atoms with Crippen LogP contribution in [0, 0.1) is 5.41 Å². The summed E-state index contributed by atoms with van der Waals surface area (Å²) in [4.78, 5) is 38.2. The summed E-state index contributed by atoms with van der Waals surface area (Å²) in [5.74, 6) is -1.25. The minimum Gasteiger partial charge on any atom is -0.476 e. The third kappa shape index (κ3) is 6.33. The number of alkyl halides is 3. The number of carbonyl (C=O) groups excluding carboxylic acids is 1. The average Bonchev–Trinajstić information content (AvgIpc) is 3.50. The van der Waals surface area contributed by atoms with Gasteiger partial charge in [0.25, 0.3) is 5.91 Å². The number of hydrogen-bond acceptors (Lipinski definition) is 9. The van der Waals surface area contributed by atoms with Crippen LogP contribution in [-0.2, 0) is 13.0 Å². The number of anilines is 3. The van der Waals surface area contributed by atoms with Gasteiger partial charge in [0, 0.05) is 43.7 Å². The van der Waals surface area contributed by atoms with E-state index >= 15 is 0 Å². The molecular weight excluding hydrogens is 657 g/mol. The summed E-state index contributed by atoms with van der Waals surface area (Å²) in [5, 5.41) is 24.8. The lowest BCUT2D eigenvalue weighted by Crippen LogP contribution is -2.42. The number of hydroxylamine groups is 2. The maximum Gasteiger partial charge on any atom is 0.394 e. The van der Waals surface area contributed by atoms with E-state index < -0.39 is 24.0 Å². The number of thiazole rings is 1. The Morgan fingerprint density at radius 3 is 2.53 bits per heavy atom. The number of hydrogen-bond donors (Lipinski definition) is 3. The van der Waals surface area contributed by atoms with Crippen LogP contribution in [0.4, 0.5) is 29.8 Å². The van der Waals surface area contributed by atoms with Crippen LogP contribution in [0.5, 0.6) is 0 Å². The van der Waals surface area contributed by atoms with Gasteiger partial charge in [0.15, 0.2) is 10.8 Å². The van der Waals surface area contributed by atoms with Gasteiger partial charge in [0.2, 0.25) is 0 Å². The smallest absolute Gasteiger partial charge is 0.394 e. The summed E-state index contributed by atoms with van der Waals surface area (Å²) in [6, 6.07) is 16.4. The summed E-state index contributed by atoms with van der Waals surface area (Å²) in [6.45, 7) is 0.824. The number of nitrogens with one attached hydrogen (secondary N) is 1. The number of para-hydroxylation sites is 1. The topological polar surface area (TPSA) is 122 Å². The summed E-state index contributed by atoms with van der Waals surface area (Å²) < 4.78 is 43.9. The molecule has 1 fully saturated rings. The second kappa shape index (κ2) is 12.8. The fraction of sp³-hybridized carbons (Fsp3) is 0.314. The van der Waals surface area contributed by atoms with Gasteiger partial charge in [-0.2, -0.15) is 13.2 Å². The van der Waals surface area contributed by atoms with Crippen LogP contribution < -0.4 is 15.1 Å². The lowest BCUT2D eigenvalue weighted by Gasteiger charge is -2.41. The van der Waals surface area contributed by atoms with Crippen molar-refractivity contribution >= 4 is 50.1 Å². The Hall–Kier alpha value is -4.95. The standard InChI is InChI=1S/C35H33F3N6O4S/c36-35(37,38)34(14-4-1-5-15-34)19-23-20-42(17-18-44(23)48)27-11-12-29(40-30(27)32(46)47)43-16-13-22-7-6-8-24(25(22)21-43)31(45)41-33-39-26-9-2-3-10-28(26)49-33/h2-3,6-12,17-18,20,48H,1,4-5,13-16,19,21H2,(H,46,47)(H,39,41,45). The van der Waals surface area contributed by atoms with Gasteiger partial charge in [0.05, 0.1) is 27.0 Å². The molecule has 0 atom stereocenters. The third-order valence-corrected chi connectivity index (χ3v) is 10.5. The van der Waals surface area contributed by atoms with Crippen LogP contribution in [0.1, 0.15) is 70.5 Å². The van der Waals surface area contributed by atoms with Gasteiger partial charge in [-0.05, 0) is 60.7 Å². The highest BCUT2D eigenvalue weighted by Crippen LogP contribution is 2.53. The number of aromatic carboxylic acids is 1. The molecule has 0 spiro atoms. The highest BCUT2D eigenvalue weighted by Gasteiger charge is 2.55. The Labute approximate surface area is 283 Å². The minimum absolute atomic E-state index is 0.00595. The number of aromatic nitrogens is 2. The molecule has 1 saturated carbocycles. The lowest BCUT2D eigenvalue weighted by molar-refractivity contribution is -0.236. The number of carboxylic acids is 1. The monoisotopic (exact) mass is 690 g/mol. The number of pyridine rings is 1. The summed E-state index contributed by atoms with van der Waals surface area (Å²) in [7, 11) is 0. The first kappa shape index (κ1) is 32.6. The molecule has 1 aliphatic carbocycles. The van der Waals surface area contributed by atoms with Gasteiger partial charge in [-0.15, -0.1) is 0 Å². The zero-order valence-corrected chi connectivity index (χ0v) is 27.1. The molecule has 3 aliphatic rings. The highest BCUT2D eigenvalue weighted by atomic mass is 32.1. The van der Waals surface area contributed by atoms with Crippen molar-refractivity contribution in [2.75, 3.05) is 21.7 Å².